The third-order valence-corrected chi connectivity index (χ3v) is 4.32. The quantitative estimate of drug-likeness (QED) is 0.822. The maximum absolute atomic E-state index is 13.6. The zero-order valence-corrected chi connectivity index (χ0v) is 15.1. The molecule has 2 rings (SSSR count). The van der Waals surface area contributed by atoms with Gasteiger partial charge in [-0.25, -0.2) is 4.39 Å². The number of benzene rings is 1. The summed E-state index contributed by atoms with van der Waals surface area (Å²) in [6.07, 6.45) is 0. The SMILES string of the molecule is CC(C)NC(=O)CN1CCN(C(=O)c2cc(F)c(Cl)cc2Cl)CC1. The van der Waals surface area contributed by atoms with E-state index in [2.05, 4.69) is 5.32 Å². The Labute approximate surface area is 150 Å². The Balaban J connectivity index is 1.94. The molecule has 1 fully saturated rings. The van der Waals surface area contributed by atoms with E-state index >= 15 is 0 Å². The van der Waals surface area contributed by atoms with Crippen LogP contribution in [0, 0.1) is 5.82 Å². The summed E-state index contributed by atoms with van der Waals surface area (Å²) >= 11 is 11.7. The van der Waals surface area contributed by atoms with Gasteiger partial charge in [0.15, 0.2) is 0 Å². The summed E-state index contributed by atoms with van der Waals surface area (Å²) in [7, 11) is 0. The summed E-state index contributed by atoms with van der Waals surface area (Å²) in [6, 6.07) is 2.40. The summed E-state index contributed by atoms with van der Waals surface area (Å²) < 4.78 is 13.6. The predicted octanol–water partition coefficient (Wildman–Crippen LogP) is 2.41. The van der Waals surface area contributed by atoms with Gasteiger partial charge in [0, 0.05) is 32.2 Å². The number of carbonyl (C=O) groups excluding carboxylic acids is 2. The maximum Gasteiger partial charge on any atom is 0.255 e. The Hall–Kier alpha value is -1.37. The summed E-state index contributed by atoms with van der Waals surface area (Å²) in [5.74, 6) is -1.04. The van der Waals surface area contributed by atoms with Crippen molar-refractivity contribution in [2.45, 2.75) is 19.9 Å². The molecule has 1 saturated heterocycles. The van der Waals surface area contributed by atoms with Crippen molar-refractivity contribution in [3.05, 3.63) is 33.6 Å². The lowest BCUT2D eigenvalue weighted by molar-refractivity contribution is -0.123. The number of piperazine rings is 1. The van der Waals surface area contributed by atoms with E-state index in [0.29, 0.717) is 32.7 Å². The third-order valence-electron chi connectivity index (χ3n) is 3.72. The highest BCUT2D eigenvalue weighted by Crippen LogP contribution is 2.25. The molecule has 1 N–H and O–H groups in total. The molecule has 0 spiro atoms. The second-order valence-corrected chi connectivity index (χ2v) is 6.85. The molecule has 1 heterocycles. The molecule has 8 heteroatoms. The van der Waals surface area contributed by atoms with E-state index in [1.54, 1.807) is 4.90 Å². The minimum Gasteiger partial charge on any atom is -0.353 e. The van der Waals surface area contributed by atoms with Gasteiger partial charge in [0.2, 0.25) is 5.91 Å². The van der Waals surface area contributed by atoms with Crippen LogP contribution < -0.4 is 5.32 Å². The van der Waals surface area contributed by atoms with Gasteiger partial charge in [0.1, 0.15) is 5.82 Å². The van der Waals surface area contributed by atoms with Crippen LogP contribution in [0.4, 0.5) is 4.39 Å². The van der Waals surface area contributed by atoms with Crippen LogP contribution in [0.15, 0.2) is 12.1 Å². The molecule has 24 heavy (non-hydrogen) atoms. The first-order valence-corrected chi connectivity index (χ1v) is 8.49. The molecule has 0 atom stereocenters. The Morgan fingerprint density at radius 1 is 1.17 bits per heavy atom. The van der Waals surface area contributed by atoms with Crippen LogP contribution in [-0.2, 0) is 4.79 Å². The van der Waals surface area contributed by atoms with E-state index in [0.717, 1.165) is 6.07 Å². The Morgan fingerprint density at radius 3 is 2.38 bits per heavy atom. The number of hydrogen-bond acceptors (Lipinski definition) is 3. The molecule has 1 aliphatic rings. The van der Waals surface area contributed by atoms with E-state index < -0.39 is 5.82 Å². The highest BCUT2D eigenvalue weighted by atomic mass is 35.5. The summed E-state index contributed by atoms with van der Waals surface area (Å²) in [4.78, 5) is 27.8. The third kappa shape index (κ3) is 4.82. The average molecular weight is 376 g/mol. The number of halogens is 3. The van der Waals surface area contributed by atoms with E-state index in [1.807, 2.05) is 18.7 Å². The van der Waals surface area contributed by atoms with Gasteiger partial charge in [-0.3, -0.25) is 14.5 Å². The van der Waals surface area contributed by atoms with Crippen LogP contribution in [0.2, 0.25) is 10.0 Å². The second kappa shape index (κ2) is 8.14. The van der Waals surface area contributed by atoms with Crippen molar-refractivity contribution in [2.24, 2.45) is 0 Å². The number of rotatable bonds is 4. The van der Waals surface area contributed by atoms with Gasteiger partial charge in [-0.15, -0.1) is 0 Å². The van der Waals surface area contributed by atoms with Crippen LogP contribution in [0.25, 0.3) is 0 Å². The molecular formula is C16H20Cl2FN3O2. The first kappa shape index (κ1) is 19.0. The fraction of sp³-hybridized carbons (Fsp3) is 0.500. The molecule has 132 valence electrons. The molecule has 0 unspecified atom stereocenters. The minimum atomic E-state index is -0.673. The van der Waals surface area contributed by atoms with Gasteiger partial charge in [0.05, 0.1) is 22.2 Å². The zero-order valence-electron chi connectivity index (χ0n) is 13.6. The van der Waals surface area contributed by atoms with Crippen molar-refractivity contribution >= 4 is 35.0 Å². The Kier molecular flexibility index (Phi) is 6.43. The molecule has 0 saturated carbocycles. The number of amides is 2. The van der Waals surface area contributed by atoms with Crippen LogP contribution in [-0.4, -0.2) is 60.4 Å². The molecule has 0 radical (unpaired) electrons. The average Bonchev–Trinajstić information content (AvgIpc) is 2.50. The number of hydrogen-bond donors (Lipinski definition) is 1. The molecular weight excluding hydrogens is 356 g/mol. The van der Waals surface area contributed by atoms with Crippen LogP contribution in [0.5, 0.6) is 0 Å². The Bertz CT molecular complexity index is 632. The van der Waals surface area contributed by atoms with Crippen molar-refractivity contribution in [3.8, 4) is 0 Å². The molecule has 1 aromatic carbocycles. The number of carbonyl (C=O) groups is 2. The molecule has 5 nitrogen and oxygen atoms in total. The molecule has 0 aromatic heterocycles. The lowest BCUT2D eigenvalue weighted by atomic mass is 10.1. The smallest absolute Gasteiger partial charge is 0.255 e. The lowest BCUT2D eigenvalue weighted by Crippen LogP contribution is -2.51. The fourth-order valence-electron chi connectivity index (χ4n) is 2.54. The van der Waals surface area contributed by atoms with Crippen LogP contribution in [0.1, 0.15) is 24.2 Å². The van der Waals surface area contributed by atoms with Crippen molar-refractivity contribution < 1.29 is 14.0 Å². The van der Waals surface area contributed by atoms with E-state index in [9.17, 15) is 14.0 Å². The van der Waals surface area contributed by atoms with Crippen molar-refractivity contribution in [1.82, 2.24) is 15.1 Å². The van der Waals surface area contributed by atoms with E-state index in [-0.39, 0.29) is 33.5 Å². The number of nitrogens with zero attached hydrogens (tertiary/aromatic N) is 2. The van der Waals surface area contributed by atoms with Crippen molar-refractivity contribution in [1.29, 1.82) is 0 Å². The molecule has 2 amide bonds. The predicted molar refractivity (Wildman–Crippen MR) is 92.0 cm³/mol. The highest BCUT2D eigenvalue weighted by molar-refractivity contribution is 6.36. The molecule has 1 aliphatic heterocycles. The first-order valence-electron chi connectivity index (χ1n) is 7.73. The van der Waals surface area contributed by atoms with Gasteiger partial charge in [0.25, 0.3) is 5.91 Å². The largest absolute Gasteiger partial charge is 0.353 e. The van der Waals surface area contributed by atoms with Gasteiger partial charge < -0.3 is 10.2 Å². The molecule has 1 aromatic rings. The highest BCUT2D eigenvalue weighted by Gasteiger charge is 2.25. The second-order valence-electron chi connectivity index (χ2n) is 6.04. The van der Waals surface area contributed by atoms with E-state index in [4.69, 9.17) is 23.2 Å². The molecule has 0 bridgehead atoms. The van der Waals surface area contributed by atoms with Gasteiger partial charge in [-0.2, -0.15) is 0 Å². The normalized spacial score (nSPS) is 15.7. The summed E-state index contributed by atoms with van der Waals surface area (Å²) in [5, 5.41) is 2.85. The van der Waals surface area contributed by atoms with Crippen molar-refractivity contribution in [3.63, 3.8) is 0 Å². The van der Waals surface area contributed by atoms with Crippen LogP contribution >= 0.6 is 23.2 Å². The lowest BCUT2D eigenvalue weighted by Gasteiger charge is -2.34. The van der Waals surface area contributed by atoms with Crippen LogP contribution in [0.3, 0.4) is 0 Å². The Morgan fingerprint density at radius 2 is 1.79 bits per heavy atom. The fourth-order valence-corrected chi connectivity index (χ4v) is 3.00. The maximum atomic E-state index is 13.6. The standard InChI is InChI=1S/C16H20Cl2FN3O2/c1-10(2)20-15(23)9-21-3-5-22(6-4-21)16(24)11-7-14(19)13(18)8-12(11)17/h7-8,10H,3-6,9H2,1-2H3,(H,20,23). The monoisotopic (exact) mass is 375 g/mol. The molecule has 0 aliphatic carbocycles. The summed E-state index contributed by atoms with van der Waals surface area (Å²) in [5.41, 5.74) is 0.101. The topological polar surface area (TPSA) is 52.7 Å². The zero-order chi connectivity index (χ0) is 17.9. The number of nitrogens with one attached hydrogen (secondary N) is 1. The van der Waals surface area contributed by atoms with Gasteiger partial charge >= 0.3 is 0 Å². The summed E-state index contributed by atoms with van der Waals surface area (Å²) in [6.45, 7) is 6.17. The van der Waals surface area contributed by atoms with Crippen molar-refractivity contribution in [2.75, 3.05) is 32.7 Å². The van der Waals surface area contributed by atoms with Gasteiger partial charge in [-0.1, -0.05) is 23.2 Å². The first-order chi connectivity index (χ1) is 11.3. The minimum absolute atomic E-state index is 0.0346. The van der Waals surface area contributed by atoms with E-state index in [1.165, 1.54) is 6.07 Å². The van der Waals surface area contributed by atoms with Gasteiger partial charge in [-0.05, 0) is 26.0 Å².